The van der Waals surface area contributed by atoms with Crippen LogP contribution in [0.3, 0.4) is 0 Å². The second-order valence-corrected chi connectivity index (χ2v) is 5.57. The van der Waals surface area contributed by atoms with E-state index in [1.807, 2.05) is 0 Å². The molecule has 0 fully saturated rings. The van der Waals surface area contributed by atoms with Crippen LogP contribution in [0.2, 0.25) is 0 Å². The molecule has 1 aromatic heterocycles. The lowest BCUT2D eigenvalue weighted by Gasteiger charge is -2.09. The molecule has 1 heterocycles. The molecular weight excluding hydrogens is 367 g/mol. The lowest BCUT2D eigenvalue weighted by atomic mass is 10.2. The molecule has 0 radical (unpaired) electrons. The van der Waals surface area contributed by atoms with Gasteiger partial charge in [-0.15, -0.1) is 0 Å². The molecule has 0 N–H and O–H groups in total. The summed E-state index contributed by atoms with van der Waals surface area (Å²) in [5, 5.41) is 3.86. The van der Waals surface area contributed by atoms with E-state index >= 15 is 0 Å². The highest BCUT2D eigenvalue weighted by Gasteiger charge is 2.11. The Balaban J connectivity index is 1.68. The van der Waals surface area contributed by atoms with E-state index in [-0.39, 0.29) is 18.3 Å². The van der Waals surface area contributed by atoms with E-state index in [2.05, 4.69) is 14.9 Å². The second-order valence-electron chi connectivity index (χ2n) is 5.57. The number of aromatic nitrogens is 2. The molecule has 3 rings (SSSR count). The largest absolute Gasteiger partial charge is 0.493 e. The molecule has 0 aliphatic heterocycles. The van der Waals surface area contributed by atoms with Crippen molar-refractivity contribution in [1.29, 1.82) is 0 Å². The van der Waals surface area contributed by atoms with Crippen LogP contribution in [-0.2, 0) is 16.1 Å². The Morgan fingerprint density at radius 3 is 2.64 bits per heavy atom. The minimum atomic E-state index is -0.451. The molecule has 0 atom stereocenters. The molecule has 8 heteroatoms. The van der Waals surface area contributed by atoms with E-state index in [0.717, 1.165) is 5.56 Å². The Morgan fingerprint density at radius 2 is 1.93 bits per heavy atom. The van der Waals surface area contributed by atoms with Gasteiger partial charge in [-0.3, -0.25) is 0 Å². The molecule has 144 valence electrons. The van der Waals surface area contributed by atoms with Gasteiger partial charge in [0.15, 0.2) is 18.1 Å². The van der Waals surface area contributed by atoms with Crippen molar-refractivity contribution in [3.8, 4) is 22.9 Å². The van der Waals surface area contributed by atoms with Gasteiger partial charge in [0.2, 0.25) is 5.82 Å². The maximum Gasteiger partial charge on any atom is 0.330 e. The zero-order valence-electron chi connectivity index (χ0n) is 15.2. The molecule has 0 saturated heterocycles. The van der Waals surface area contributed by atoms with Crippen LogP contribution in [0.1, 0.15) is 11.5 Å². The number of hydrogen-bond acceptors (Lipinski definition) is 7. The first-order valence-corrected chi connectivity index (χ1v) is 8.24. The fourth-order valence-electron chi connectivity index (χ4n) is 2.31. The lowest BCUT2D eigenvalue weighted by molar-refractivity contribution is -0.134. The molecule has 3 aromatic rings. The van der Waals surface area contributed by atoms with Crippen molar-refractivity contribution in [3.63, 3.8) is 0 Å². The van der Waals surface area contributed by atoms with Gasteiger partial charge in [-0.2, -0.15) is 4.98 Å². The molecule has 0 aliphatic rings. The van der Waals surface area contributed by atoms with Crippen LogP contribution in [0.15, 0.2) is 53.1 Å². The zero-order chi connectivity index (χ0) is 19.9. The number of hydrogen-bond donors (Lipinski definition) is 0. The Hall–Kier alpha value is -3.68. The second kappa shape index (κ2) is 8.81. The smallest absolute Gasteiger partial charge is 0.330 e. The van der Waals surface area contributed by atoms with Crippen molar-refractivity contribution in [3.05, 3.63) is 65.8 Å². The molecular formula is C20H17FN2O5. The van der Waals surface area contributed by atoms with E-state index in [1.165, 1.54) is 32.4 Å². The summed E-state index contributed by atoms with van der Waals surface area (Å²) in [6, 6.07) is 10.9. The Morgan fingerprint density at radius 1 is 1.14 bits per heavy atom. The van der Waals surface area contributed by atoms with Crippen LogP contribution >= 0.6 is 0 Å². The summed E-state index contributed by atoms with van der Waals surface area (Å²) in [5.74, 6) is 0.759. The number of nitrogens with zero attached hydrogens (tertiary/aromatic N) is 2. The third kappa shape index (κ3) is 4.73. The van der Waals surface area contributed by atoms with Crippen LogP contribution in [-0.4, -0.2) is 30.3 Å². The predicted molar refractivity (Wildman–Crippen MR) is 98.1 cm³/mol. The lowest BCUT2D eigenvalue weighted by Crippen LogP contribution is -1.98. The Labute approximate surface area is 160 Å². The van der Waals surface area contributed by atoms with Gasteiger partial charge in [-0.05, 0) is 48.0 Å². The molecule has 7 nitrogen and oxygen atoms in total. The normalized spacial score (nSPS) is 10.8. The SMILES string of the molecule is COC(=O)C=Cc1ccc(OCc2nc(-c3ccc(F)cc3)no2)c(OC)c1. The van der Waals surface area contributed by atoms with Crippen molar-refractivity contribution < 1.29 is 27.9 Å². The first kappa shape index (κ1) is 19.1. The molecule has 0 amide bonds. The molecule has 0 unspecified atom stereocenters. The zero-order valence-corrected chi connectivity index (χ0v) is 15.2. The van der Waals surface area contributed by atoms with E-state index < -0.39 is 5.97 Å². The van der Waals surface area contributed by atoms with Crippen molar-refractivity contribution in [2.75, 3.05) is 14.2 Å². The van der Waals surface area contributed by atoms with E-state index in [4.69, 9.17) is 14.0 Å². The first-order chi connectivity index (χ1) is 13.6. The molecule has 0 saturated carbocycles. The first-order valence-electron chi connectivity index (χ1n) is 8.24. The molecule has 2 aromatic carbocycles. The molecule has 0 spiro atoms. The van der Waals surface area contributed by atoms with Crippen LogP contribution in [0.5, 0.6) is 11.5 Å². The Bertz CT molecular complexity index is 983. The number of rotatable bonds is 7. The summed E-state index contributed by atoms with van der Waals surface area (Å²) in [6.45, 7) is 0.0297. The van der Waals surface area contributed by atoms with E-state index in [9.17, 15) is 9.18 Å². The van der Waals surface area contributed by atoms with Gasteiger partial charge >= 0.3 is 5.97 Å². The number of esters is 1. The third-order valence-corrected chi connectivity index (χ3v) is 3.72. The minimum Gasteiger partial charge on any atom is -0.493 e. The van der Waals surface area contributed by atoms with Gasteiger partial charge < -0.3 is 18.7 Å². The van der Waals surface area contributed by atoms with Crippen molar-refractivity contribution >= 4 is 12.0 Å². The van der Waals surface area contributed by atoms with Crippen molar-refractivity contribution in [2.24, 2.45) is 0 Å². The van der Waals surface area contributed by atoms with Crippen LogP contribution in [0.4, 0.5) is 4.39 Å². The fraction of sp³-hybridized carbons (Fsp3) is 0.150. The number of benzene rings is 2. The summed E-state index contributed by atoms with van der Waals surface area (Å²) in [6.07, 6.45) is 2.91. The fourth-order valence-corrected chi connectivity index (χ4v) is 2.31. The average molecular weight is 384 g/mol. The highest BCUT2D eigenvalue weighted by Crippen LogP contribution is 2.29. The number of methoxy groups -OCH3 is 2. The molecule has 0 bridgehead atoms. The number of carbonyl (C=O) groups is 1. The average Bonchev–Trinajstić information content (AvgIpc) is 3.20. The highest BCUT2D eigenvalue weighted by molar-refractivity contribution is 5.87. The monoisotopic (exact) mass is 384 g/mol. The maximum atomic E-state index is 13.0. The summed E-state index contributed by atoms with van der Waals surface area (Å²) in [4.78, 5) is 15.4. The van der Waals surface area contributed by atoms with Crippen LogP contribution in [0.25, 0.3) is 17.5 Å². The maximum absolute atomic E-state index is 13.0. The summed E-state index contributed by atoms with van der Waals surface area (Å²) >= 11 is 0. The minimum absolute atomic E-state index is 0.0297. The summed E-state index contributed by atoms with van der Waals surface area (Å²) < 4.78 is 33.7. The Kier molecular flexibility index (Phi) is 6.01. The number of carbonyl (C=O) groups excluding carboxylic acids is 1. The van der Waals surface area contributed by atoms with Crippen molar-refractivity contribution in [1.82, 2.24) is 10.1 Å². The molecule has 0 aliphatic carbocycles. The number of halogens is 1. The highest BCUT2D eigenvalue weighted by atomic mass is 19.1. The van der Waals surface area contributed by atoms with Gasteiger partial charge in [0.25, 0.3) is 5.89 Å². The molecule has 28 heavy (non-hydrogen) atoms. The number of ether oxygens (including phenoxy) is 3. The van der Waals surface area contributed by atoms with Gasteiger partial charge in [-0.1, -0.05) is 11.2 Å². The van der Waals surface area contributed by atoms with E-state index in [1.54, 1.807) is 36.4 Å². The van der Waals surface area contributed by atoms with Gasteiger partial charge in [-0.25, -0.2) is 9.18 Å². The standard InChI is InChI=1S/C20H17FN2O5/c1-25-17-11-13(4-10-19(24)26-2)3-9-16(17)27-12-18-22-20(23-28-18)14-5-7-15(21)8-6-14/h3-11H,12H2,1-2H3. The van der Waals surface area contributed by atoms with Crippen LogP contribution < -0.4 is 9.47 Å². The van der Waals surface area contributed by atoms with Gasteiger partial charge in [0, 0.05) is 11.6 Å². The van der Waals surface area contributed by atoms with Gasteiger partial charge in [0.1, 0.15) is 5.82 Å². The third-order valence-electron chi connectivity index (χ3n) is 3.72. The topological polar surface area (TPSA) is 83.7 Å². The summed E-state index contributed by atoms with van der Waals surface area (Å²) in [7, 11) is 2.82. The quantitative estimate of drug-likeness (QED) is 0.454. The predicted octanol–water partition coefficient (Wildman–Crippen LogP) is 3.65. The van der Waals surface area contributed by atoms with Crippen LogP contribution in [0, 0.1) is 5.82 Å². The van der Waals surface area contributed by atoms with Crippen molar-refractivity contribution in [2.45, 2.75) is 6.61 Å². The summed E-state index contributed by atoms with van der Waals surface area (Å²) in [5.41, 5.74) is 1.38. The van der Waals surface area contributed by atoms with Gasteiger partial charge in [0.05, 0.1) is 14.2 Å². The van der Waals surface area contributed by atoms with E-state index in [0.29, 0.717) is 22.9 Å².